The molecule has 2 unspecified atom stereocenters. The fourth-order valence-electron chi connectivity index (χ4n) is 2.46. The number of carboxylic acid groups (broad SMARTS) is 1. The number of carboxylic acids is 1. The summed E-state index contributed by atoms with van der Waals surface area (Å²) in [4.78, 5) is 24.1. The number of amides is 2. The van der Waals surface area contributed by atoms with Crippen molar-refractivity contribution in [3.63, 3.8) is 0 Å². The Labute approximate surface area is 109 Å². The lowest BCUT2D eigenvalue weighted by Gasteiger charge is -2.30. The monoisotopic (exact) mass is 256 g/mol. The fraction of sp³-hybridized carbons (Fsp3) is 0.846. The van der Waals surface area contributed by atoms with Gasteiger partial charge in [-0.25, -0.2) is 4.79 Å². The Hall–Kier alpha value is -1.26. The third kappa shape index (κ3) is 4.94. The molecule has 1 fully saturated rings. The summed E-state index contributed by atoms with van der Waals surface area (Å²) in [5.41, 5.74) is 0. The van der Waals surface area contributed by atoms with Gasteiger partial charge in [-0.1, -0.05) is 19.8 Å². The van der Waals surface area contributed by atoms with Gasteiger partial charge in [-0.3, -0.25) is 4.79 Å². The molecule has 5 nitrogen and oxygen atoms in total. The zero-order valence-electron chi connectivity index (χ0n) is 11.3. The summed E-state index contributed by atoms with van der Waals surface area (Å²) < 4.78 is 0. The number of hydrogen-bond donors (Lipinski definition) is 2. The van der Waals surface area contributed by atoms with Crippen LogP contribution in [0, 0.1) is 5.92 Å². The van der Waals surface area contributed by atoms with Crippen molar-refractivity contribution in [3.8, 4) is 0 Å². The number of nitrogens with one attached hydrogen (secondary N) is 1. The van der Waals surface area contributed by atoms with E-state index in [4.69, 9.17) is 5.11 Å². The number of urea groups is 1. The predicted octanol–water partition coefficient (Wildman–Crippen LogP) is 2.07. The molecule has 2 N–H and O–H groups in total. The summed E-state index contributed by atoms with van der Waals surface area (Å²) >= 11 is 0. The van der Waals surface area contributed by atoms with E-state index >= 15 is 0 Å². The molecule has 0 aliphatic heterocycles. The molecule has 0 aromatic carbocycles. The minimum absolute atomic E-state index is 0.00231. The van der Waals surface area contributed by atoms with Crippen molar-refractivity contribution in [2.24, 2.45) is 5.92 Å². The van der Waals surface area contributed by atoms with E-state index < -0.39 is 5.97 Å². The van der Waals surface area contributed by atoms with Crippen LogP contribution in [-0.4, -0.2) is 41.1 Å². The minimum Gasteiger partial charge on any atom is -0.481 e. The van der Waals surface area contributed by atoms with Crippen molar-refractivity contribution in [3.05, 3.63) is 0 Å². The van der Waals surface area contributed by atoms with Crippen LogP contribution in [0.2, 0.25) is 0 Å². The second-order valence-corrected chi connectivity index (χ2v) is 5.14. The van der Waals surface area contributed by atoms with E-state index in [2.05, 4.69) is 12.2 Å². The summed E-state index contributed by atoms with van der Waals surface area (Å²) in [6.45, 7) is 4.90. The number of nitrogens with zero attached hydrogens (tertiary/aromatic N) is 1. The normalized spacial score (nSPS) is 23.4. The van der Waals surface area contributed by atoms with Gasteiger partial charge in [0.15, 0.2) is 0 Å². The lowest BCUT2D eigenvalue weighted by atomic mass is 9.87. The van der Waals surface area contributed by atoms with E-state index in [0.717, 1.165) is 19.3 Å². The van der Waals surface area contributed by atoms with Gasteiger partial charge in [0.1, 0.15) is 0 Å². The number of rotatable bonds is 5. The van der Waals surface area contributed by atoms with Gasteiger partial charge < -0.3 is 15.3 Å². The van der Waals surface area contributed by atoms with Gasteiger partial charge in [0.05, 0.1) is 6.42 Å². The maximum absolute atomic E-state index is 12.0. The van der Waals surface area contributed by atoms with Crippen molar-refractivity contribution < 1.29 is 14.7 Å². The lowest BCUT2D eigenvalue weighted by molar-refractivity contribution is -0.137. The summed E-state index contributed by atoms with van der Waals surface area (Å²) in [6, 6.07) is 0.123. The molecular formula is C13H24N2O3. The molecule has 0 radical (unpaired) electrons. The Balaban J connectivity index is 2.38. The molecule has 1 aliphatic rings. The zero-order valence-corrected chi connectivity index (χ0v) is 11.3. The molecule has 0 heterocycles. The summed E-state index contributed by atoms with van der Waals surface area (Å²) in [5.74, 6) is -0.203. The highest BCUT2D eigenvalue weighted by Gasteiger charge is 2.22. The van der Waals surface area contributed by atoms with Crippen LogP contribution in [-0.2, 0) is 4.79 Å². The highest BCUT2D eigenvalue weighted by molar-refractivity contribution is 5.75. The molecule has 18 heavy (non-hydrogen) atoms. The molecule has 5 heteroatoms. The van der Waals surface area contributed by atoms with Gasteiger partial charge in [0, 0.05) is 19.1 Å². The molecule has 0 spiro atoms. The molecule has 1 aliphatic carbocycles. The Morgan fingerprint density at radius 3 is 2.67 bits per heavy atom. The van der Waals surface area contributed by atoms with Crippen LogP contribution in [0.1, 0.15) is 46.0 Å². The van der Waals surface area contributed by atoms with Gasteiger partial charge in [-0.15, -0.1) is 0 Å². The quantitative estimate of drug-likeness (QED) is 0.791. The fourth-order valence-corrected chi connectivity index (χ4v) is 2.46. The third-order valence-electron chi connectivity index (χ3n) is 3.53. The molecule has 0 bridgehead atoms. The van der Waals surface area contributed by atoms with Crippen LogP contribution < -0.4 is 5.32 Å². The molecule has 0 saturated heterocycles. The highest BCUT2D eigenvalue weighted by Crippen LogP contribution is 2.23. The first-order valence-corrected chi connectivity index (χ1v) is 6.80. The number of hydrogen-bond acceptors (Lipinski definition) is 2. The summed E-state index contributed by atoms with van der Waals surface area (Å²) in [5, 5.41) is 11.7. The third-order valence-corrected chi connectivity index (χ3v) is 3.53. The predicted molar refractivity (Wildman–Crippen MR) is 69.5 cm³/mol. The average Bonchev–Trinajstić information content (AvgIpc) is 2.29. The van der Waals surface area contributed by atoms with E-state index in [0.29, 0.717) is 12.5 Å². The number of carbonyl (C=O) groups is 2. The van der Waals surface area contributed by atoms with Crippen LogP contribution in [0.15, 0.2) is 0 Å². The smallest absolute Gasteiger partial charge is 0.317 e. The van der Waals surface area contributed by atoms with Crippen LogP contribution in [0.3, 0.4) is 0 Å². The second kappa shape index (κ2) is 7.24. The molecule has 2 atom stereocenters. The minimum atomic E-state index is -0.868. The van der Waals surface area contributed by atoms with Gasteiger partial charge in [0.2, 0.25) is 0 Å². The zero-order chi connectivity index (χ0) is 13.5. The number of carbonyl (C=O) groups excluding carboxylic acids is 1. The lowest BCUT2D eigenvalue weighted by Crippen LogP contribution is -2.46. The van der Waals surface area contributed by atoms with E-state index in [1.54, 1.807) is 4.90 Å². The average molecular weight is 256 g/mol. The van der Waals surface area contributed by atoms with Crippen LogP contribution in [0.4, 0.5) is 4.79 Å². The standard InChI is InChI=1S/C13H24N2O3/c1-3-15(8-7-12(16)17)13(18)14-11-6-4-5-10(2)9-11/h10-11H,3-9H2,1-2H3,(H,14,18)(H,16,17). The van der Waals surface area contributed by atoms with Crippen LogP contribution in [0.25, 0.3) is 0 Å². The first kappa shape index (κ1) is 14.8. The van der Waals surface area contributed by atoms with Crippen molar-refractivity contribution in [2.75, 3.05) is 13.1 Å². The molecule has 2 amide bonds. The van der Waals surface area contributed by atoms with E-state index in [9.17, 15) is 9.59 Å². The highest BCUT2D eigenvalue weighted by atomic mass is 16.4. The first-order chi connectivity index (χ1) is 8.52. The largest absolute Gasteiger partial charge is 0.481 e. The van der Waals surface area contributed by atoms with Crippen molar-refractivity contribution in [1.29, 1.82) is 0 Å². The number of aliphatic carboxylic acids is 1. The molecule has 1 saturated carbocycles. The van der Waals surface area contributed by atoms with Crippen molar-refractivity contribution in [2.45, 2.75) is 52.0 Å². The van der Waals surface area contributed by atoms with Gasteiger partial charge in [-0.2, -0.15) is 0 Å². The van der Waals surface area contributed by atoms with Gasteiger partial charge >= 0.3 is 12.0 Å². The Morgan fingerprint density at radius 2 is 2.11 bits per heavy atom. The van der Waals surface area contributed by atoms with Crippen molar-refractivity contribution >= 4 is 12.0 Å². The Kier molecular flexibility index (Phi) is 5.95. The second-order valence-electron chi connectivity index (χ2n) is 5.14. The first-order valence-electron chi connectivity index (χ1n) is 6.80. The Bertz CT molecular complexity index is 294. The van der Waals surface area contributed by atoms with Gasteiger partial charge in [-0.05, 0) is 25.7 Å². The molecule has 1 rings (SSSR count). The Morgan fingerprint density at radius 1 is 1.39 bits per heavy atom. The maximum Gasteiger partial charge on any atom is 0.317 e. The molecule has 0 aromatic heterocycles. The van der Waals surface area contributed by atoms with E-state index in [1.807, 2.05) is 6.92 Å². The molecular weight excluding hydrogens is 232 g/mol. The van der Waals surface area contributed by atoms with E-state index in [-0.39, 0.29) is 25.0 Å². The van der Waals surface area contributed by atoms with Crippen LogP contribution >= 0.6 is 0 Å². The SMILES string of the molecule is CCN(CCC(=O)O)C(=O)NC1CCCC(C)C1. The van der Waals surface area contributed by atoms with Crippen LogP contribution in [0.5, 0.6) is 0 Å². The molecule has 104 valence electrons. The topological polar surface area (TPSA) is 69.6 Å². The van der Waals surface area contributed by atoms with E-state index in [1.165, 1.54) is 6.42 Å². The maximum atomic E-state index is 12.0. The molecule has 0 aromatic rings. The summed E-state index contributed by atoms with van der Waals surface area (Å²) in [6.07, 6.45) is 4.47. The summed E-state index contributed by atoms with van der Waals surface area (Å²) in [7, 11) is 0. The van der Waals surface area contributed by atoms with Crippen molar-refractivity contribution in [1.82, 2.24) is 10.2 Å². The van der Waals surface area contributed by atoms with Gasteiger partial charge in [0.25, 0.3) is 0 Å².